The number of nitrogens with one attached hydrogen (secondary N) is 1. The lowest BCUT2D eigenvalue weighted by molar-refractivity contribution is 0.588. The molecule has 0 unspecified atom stereocenters. The van der Waals surface area contributed by atoms with Crippen LogP contribution in [0, 0.1) is 11.6 Å². The van der Waals surface area contributed by atoms with Crippen LogP contribution in [0.1, 0.15) is 13.3 Å². The molecule has 0 amide bonds. The number of anilines is 1. The Bertz CT molecular complexity index is 284. The maximum absolute atomic E-state index is 13.1. The van der Waals surface area contributed by atoms with E-state index < -0.39 is 11.6 Å². The zero-order valence-electron chi connectivity index (χ0n) is 8.72. The highest BCUT2D eigenvalue weighted by Crippen LogP contribution is 2.17. The molecule has 0 aromatic heterocycles. The molecular weight excluding hydrogens is 216 g/mol. The van der Waals surface area contributed by atoms with E-state index in [4.69, 9.17) is 0 Å². The first-order chi connectivity index (χ1) is 7.25. The average molecular weight is 231 g/mol. The number of halogens is 2. The second kappa shape index (κ2) is 6.67. The summed E-state index contributed by atoms with van der Waals surface area (Å²) in [5.74, 6) is 1.03. The molecule has 0 atom stereocenters. The van der Waals surface area contributed by atoms with Gasteiger partial charge in [-0.3, -0.25) is 0 Å². The quantitative estimate of drug-likeness (QED) is 0.752. The van der Waals surface area contributed by atoms with Crippen LogP contribution in [-0.4, -0.2) is 18.1 Å². The van der Waals surface area contributed by atoms with Crippen LogP contribution >= 0.6 is 11.8 Å². The van der Waals surface area contributed by atoms with Crippen molar-refractivity contribution in [2.45, 2.75) is 13.3 Å². The standard InChI is InChI=1S/C11H15F2NS/c1-2-15-8-4-7-14-11-9(12)5-3-6-10(11)13/h3,5-6,14H,2,4,7-8H2,1H3. The molecule has 1 rings (SSSR count). The fourth-order valence-corrected chi connectivity index (χ4v) is 1.84. The second-order valence-corrected chi connectivity index (χ2v) is 4.47. The Morgan fingerprint density at radius 3 is 2.53 bits per heavy atom. The summed E-state index contributed by atoms with van der Waals surface area (Å²) < 4.78 is 26.2. The Kier molecular flexibility index (Phi) is 5.47. The SMILES string of the molecule is CCSCCCNc1c(F)cccc1F. The molecule has 0 radical (unpaired) electrons. The molecule has 0 saturated carbocycles. The second-order valence-electron chi connectivity index (χ2n) is 3.07. The van der Waals surface area contributed by atoms with E-state index in [-0.39, 0.29) is 5.69 Å². The van der Waals surface area contributed by atoms with Gasteiger partial charge in [-0.15, -0.1) is 0 Å². The van der Waals surface area contributed by atoms with Gasteiger partial charge >= 0.3 is 0 Å². The van der Waals surface area contributed by atoms with E-state index in [0.29, 0.717) is 6.54 Å². The first-order valence-electron chi connectivity index (χ1n) is 5.01. The van der Waals surface area contributed by atoms with Crippen molar-refractivity contribution >= 4 is 17.4 Å². The Balaban J connectivity index is 2.37. The largest absolute Gasteiger partial charge is 0.380 e. The number of para-hydroxylation sites is 1. The van der Waals surface area contributed by atoms with Crippen LogP contribution in [0.2, 0.25) is 0 Å². The van der Waals surface area contributed by atoms with Crippen molar-refractivity contribution in [3.63, 3.8) is 0 Å². The molecule has 0 aliphatic rings. The number of rotatable bonds is 6. The maximum Gasteiger partial charge on any atom is 0.149 e. The summed E-state index contributed by atoms with van der Waals surface area (Å²) in [6.07, 6.45) is 0.909. The molecule has 0 heterocycles. The highest BCUT2D eigenvalue weighted by molar-refractivity contribution is 7.99. The average Bonchev–Trinajstić information content (AvgIpc) is 2.21. The highest BCUT2D eigenvalue weighted by atomic mass is 32.2. The number of hydrogen-bond acceptors (Lipinski definition) is 2. The first-order valence-corrected chi connectivity index (χ1v) is 6.16. The van der Waals surface area contributed by atoms with Crippen LogP contribution in [0.25, 0.3) is 0 Å². The van der Waals surface area contributed by atoms with Crippen molar-refractivity contribution < 1.29 is 8.78 Å². The van der Waals surface area contributed by atoms with E-state index in [1.54, 1.807) is 0 Å². The Hall–Kier alpha value is -0.770. The Labute approximate surface area is 93.3 Å². The van der Waals surface area contributed by atoms with Gasteiger partial charge in [0.1, 0.15) is 17.3 Å². The fraction of sp³-hybridized carbons (Fsp3) is 0.455. The summed E-state index contributed by atoms with van der Waals surface area (Å²) in [5, 5.41) is 2.78. The summed E-state index contributed by atoms with van der Waals surface area (Å²) in [5.41, 5.74) is -0.0148. The first kappa shape index (κ1) is 12.3. The van der Waals surface area contributed by atoms with Gasteiger partial charge in [-0.05, 0) is 30.1 Å². The van der Waals surface area contributed by atoms with Gasteiger partial charge in [0.05, 0.1) is 0 Å². The molecule has 15 heavy (non-hydrogen) atoms. The van der Waals surface area contributed by atoms with Gasteiger partial charge in [-0.1, -0.05) is 13.0 Å². The van der Waals surface area contributed by atoms with E-state index in [1.165, 1.54) is 18.2 Å². The van der Waals surface area contributed by atoms with Crippen molar-refractivity contribution in [3.8, 4) is 0 Å². The molecule has 1 aromatic rings. The van der Waals surface area contributed by atoms with Gasteiger partial charge in [0, 0.05) is 6.54 Å². The highest BCUT2D eigenvalue weighted by Gasteiger charge is 2.06. The minimum atomic E-state index is -0.529. The lowest BCUT2D eigenvalue weighted by atomic mass is 10.3. The van der Waals surface area contributed by atoms with E-state index >= 15 is 0 Å². The van der Waals surface area contributed by atoms with E-state index in [0.717, 1.165) is 17.9 Å². The van der Waals surface area contributed by atoms with Gasteiger partial charge in [0.15, 0.2) is 0 Å². The van der Waals surface area contributed by atoms with Crippen molar-refractivity contribution in [1.29, 1.82) is 0 Å². The minimum Gasteiger partial charge on any atom is -0.380 e. The van der Waals surface area contributed by atoms with Crippen LogP contribution in [0.3, 0.4) is 0 Å². The molecule has 0 bridgehead atoms. The molecule has 0 spiro atoms. The summed E-state index contributed by atoms with van der Waals surface area (Å²) in [7, 11) is 0. The zero-order chi connectivity index (χ0) is 11.1. The molecule has 1 nitrogen and oxygen atoms in total. The van der Waals surface area contributed by atoms with Crippen molar-refractivity contribution in [3.05, 3.63) is 29.8 Å². The third-order valence-electron chi connectivity index (χ3n) is 1.93. The van der Waals surface area contributed by atoms with Crippen LogP contribution in [0.15, 0.2) is 18.2 Å². The van der Waals surface area contributed by atoms with Crippen molar-refractivity contribution in [2.24, 2.45) is 0 Å². The third kappa shape index (κ3) is 4.08. The predicted molar refractivity (Wildman–Crippen MR) is 62.5 cm³/mol. The van der Waals surface area contributed by atoms with Crippen molar-refractivity contribution in [2.75, 3.05) is 23.4 Å². The van der Waals surface area contributed by atoms with Gasteiger partial charge < -0.3 is 5.32 Å². The molecular formula is C11H15F2NS. The van der Waals surface area contributed by atoms with Crippen LogP contribution in [0.4, 0.5) is 14.5 Å². The molecule has 0 aliphatic carbocycles. The Morgan fingerprint density at radius 2 is 1.93 bits per heavy atom. The Morgan fingerprint density at radius 1 is 1.27 bits per heavy atom. The van der Waals surface area contributed by atoms with E-state index in [1.807, 2.05) is 11.8 Å². The summed E-state index contributed by atoms with van der Waals surface area (Å²) >= 11 is 1.82. The minimum absolute atomic E-state index is 0.0148. The molecule has 0 fully saturated rings. The zero-order valence-corrected chi connectivity index (χ0v) is 9.54. The third-order valence-corrected chi connectivity index (χ3v) is 2.92. The molecule has 84 valence electrons. The van der Waals surface area contributed by atoms with Crippen molar-refractivity contribution in [1.82, 2.24) is 0 Å². The normalized spacial score (nSPS) is 10.3. The van der Waals surface area contributed by atoms with Gasteiger partial charge in [-0.25, -0.2) is 8.78 Å². The summed E-state index contributed by atoms with van der Waals surface area (Å²) in [4.78, 5) is 0. The molecule has 1 aromatic carbocycles. The number of thioether (sulfide) groups is 1. The van der Waals surface area contributed by atoms with Crippen LogP contribution in [-0.2, 0) is 0 Å². The van der Waals surface area contributed by atoms with E-state index in [2.05, 4.69) is 12.2 Å². The molecule has 1 N–H and O–H groups in total. The number of benzene rings is 1. The van der Waals surface area contributed by atoms with Gasteiger partial charge in [0.2, 0.25) is 0 Å². The van der Waals surface area contributed by atoms with Crippen LogP contribution < -0.4 is 5.32 Å². The number of hydrogen-bond donors (Lipinski definition) is 1. The fourth-order valence-electron chi connectivity index (χ4n) is 1.20. The molecule has 0 saturated heterocycles. The van der Waals surface area contributed by atoms with Gasteiger partial charge in [-0.2, -0.15) is 11.8 Å². The predicted octanol–water partition coefficient (Wildman–Crippen LogP) is 3.52. The smallest absolute Gasteiger partial charge is 0.149 e. The lowest BCUT2D eigenvalue weighted by Gasteiger charge is -2.07. The molecule has 4 heteroatoms. The summed E-state index contributed by atoms with van der Waals surface area (Å²) in [6.45, 7) is 2.69. The molecule has 0 aliphatic heterocycles. The topological polar surface area (TPSA) is 12.0 Å². The monoisotopic (exact) mass is 231 g/mol. The van der Waals surface area contributed by atoms with E-state index in [9.17, 15) is 8.78 Å². The lowest BCUT2D eigenvalue weighted by Crippen LogP contribution is -2.06. The van der Waals surface area contributed by atoms with Gasteiger partial charge in [0.25, 0.3) is 0 Å². The summed E-state index contributed by atoms with van der Waals surface area (Å²) in [6, 6.07) is 3.88. The maximum atomic E-state index is 13.1. The van der Waals surface area contributed by atoms with Crippen LogP contribution in [0.5, 0.6) is 0 Å².